The van der Waals surface area contributed by atoms with Crippen LogP contribution in [0.15, 0.2) is 12.1 Å². The molecule has 1 saturated heterocycles. The van der Waals surface area contributed by atoms with Gasteiger partial charge in [0.15, 0.2) is 12.2 Å². The fraction of sp³-hybridized carbons (Fsp3) is 0.522. The lowest BCUT2D eigenvalue weighted by Gasteiger charge is -2.44. The van der Waals surface area contributed by atoms with Gasteiger partial charge in [-0.05, 0) is 0 Å². The summed E-state index contributed by atoms with van der Waals surface area (Å²) in [5.41, 5.74) is -2.86. The number of carbonyl (C=O) groups excluding carboxylic acids is 5. The average molecular weight is 705 g/mol. The standard InChI is InChI=1S/C23H24Cl3N3O16/c1-9(30)40-7-15-18(42-10(2)31)19(43-11(3)32)16(27-22(34)41-8-23(24,25)26)21(44-15)45-17-13(20(33)39-4)5-12(28(35)36)6-14(17)29(37)38/h5-6,15-16,18-19,21H,7-8H2,1-4H3,(H,27,34)/t15-,16-,18-,19-,21?/m1/s1. The molecule has 1 aromatic rings. The summed E-state index contributed by atoms with van der Waals surface area (Å²) >= 11 is 16.8. The monoisotopic (exact) mass is 703 g/mol. The Morgan fingerprint density at radius 2 is 1.53 bits per heavy atom. The van der Waals surface area contributed by atoms with E-state index in [2.05, 4.69) is 10.1 Å². The van der Waals surface area contributed by atoms with Gasteiger partial charge in [0.2, 0.25) is 15.8 Å². The van der Waals surface area contributed by atoms with Gasteiger partial charge in [0.1, 0.15) is 30.9 Å². The lowest BCUT2D eigenvalue weighted by molar-refractivity contribution is -0.395. The van der Waals surface area contributed by atoms with Crippen LogP contribution in [0.25, 0.3) is 0 Å². The summed E-state index contributed by atoms with van der Waals surface area (Å²) in [5, 5.41) is 25.6. The minimum absolute atomic E-state index is 0.462. The molecule has 2 rings (SSSR count). The predicted octanol–water partition coefficient (Wildman–Crippen LogP) is 2.28. The summed E-state index contributed by atoms with van der Waals surface area (Å²) in [6, 6.07) is -0.755. The van der Waals surface area contributed by atoms with Crippen molar-refractivity contribution in [2.45, 2.75) is 55.2 Å². The van der Waals surface area contributed by atoms with E-state index in [4.69, 9.17) is 63.2 Å². The SMILES string of the molecule is COC(=O)c1cc([N+](=O)[O-])cc([N+](=O)[O-])c1OC1O[C@H](COC(C)=O)[C@@H](OC(C)=O)[C@H](OC(C)=O)[C@H]1NC(=O)OCC(Cl)(Cl)Cl. The minimum atomic E-state index is -2.09. The van der Waals surface area contributed by atoms with Gasteiger partial charge in [-0.1, -0.05) is 34.8 Å². The number of non-ortho nitro benzene ring substituents is 1. The maximum atomic E-state index is 12.7. The topological polar surface area (TPSA) is 248 Å². The van der Waals surface area contributed by atoms with Crippen molar-refractivity contribution in [2.75, 3.05) is 20.3 Å². The number of nitrogens with one attached hydrogen (secondary N) is 1. The molecule has 0 radical (unpaired) electrons. The second kappa shape index (κ2) is 15.7. The summed E-state index contributed by atoms with van der Waals surface area (Å²) in [6.45, 7) is 1.42. The first kappa shape index (κ1) is 37.0. The molecule has 1 heterocycles. The first-order valence-electron chi connectivity index (χ1n) is 12.2. The quantitative estimate of drug-likeness (QED) is 0.114. The van der Waals surface area contributed by atoms with E-state index in [9.17, 15) is 44.2 Å². The number of methoxy groups -OCH3 is 1. The van der Waals surface area contributed by atoms with Crippen LogP contribution in [0.3, 0.4) is 0 Å². The van der Waals surface area contributed by atoms with Gasteiger partial charge in [0.25, 0.3) is 5.69 Å². The lowest BCUT2D eigenvalue weighted by Crippen LogP contribution is -2.67. The maximum Gasteiger partial charge on any atom is 0.407 e. The molecule has 1 aromatic carbocycles. The molecule has 248 valence electrons. The fourth-order valence-corrected chi connectivity index (χ4v) is 3.99. The molecule has 0 aliphatic carbocycles. The second-order valence-electron chi connectivity index (χ2n) is 8.82. The first-order valence-corrected chi connectivity index (χ1v) is 13.3. The zero-order chi connectivity index (χ0) is 34.2. The highest BCUT2D eigenvalue weighted by Gasteiger charge is 2.53. The number of ether oxygens (including phenoxy) is 7. The van der Waals surface area contributed by atoms with Crippen molar-refractivity contribution >= 4 is 76.1 Å². The first-order chi connectivity index (χ1) is 20.8. The number of alkyl halides is 3. The van der Waals surface area contributed by atoms with Gasteiger partial charge >= 0.3 is 35.7 Å². The summed E-state index contributed by atoms with van der Waals surface area (Å²) in [7, 11) is 0.870. The van der Waals surface area contributed by atoms with Crippen LogP contribution in [0.2, 0.25) is 0 Å². The number of nitro benzene ring substituents is 2. The van der Waals surface area contributed by atoms with Crippen molar-refractivity contribution in [1.29, 1.82) is 0 Å². The molecule has 0 aromatic heterocycles. The molecule has 5 atom stereocenters. The van der Waals surface area contributed by atoms with Gasteiger partial charge < -0.3 is 38.5 Å². The van der Waals surface area contributed by atoms with Crippen LogP contribution >= 0.6 is 34.8 Å². The average Bonchev–Trinajstić information content (AvgIpc) is 2.92. The molecule has 1 N–H and O–H groups in total. The molecule has 1 unspecified atom stereocenters. The van der Waals surface area contributed by atoms with Gasteiger partial charge in [-0.15, -0.1) is 0 Å². The van der Waals surface area contributed by atoms with Gasteiger partial charge in [0, 0.05) is 26.8 Å². The van der Waals surface area contributed by atoms with Crippen LogP contribution in [0.4, 0.5) is 16.2 Å². The third-order valence-corrected chi connectivity index (χ3v) is 5.78. The number of halogens is 3. The van der Waals surface area contributed by atoms with E-state index in [1.165, 1.54) is 0 Å². The van der Waals surface area contributed by atoms with Crippen LogP contribution in [-0.2, 0) is 42.8 Å². The second-order valence-corrected chi connectivity index (χ2v) is 11.3. The third kappa shape index (κ3) is 10.7. The van der Waals surface area contributed by atoms with Crippen molar-refractivity contribution in [2.24, 2.45) is 0 Å². The smallest absolute Gasteiger partial charge is 0.407 e. The van der Waals surface area contributed by atoms with E-state index in [1.807, 2.05) is 0 Å². The molecule has 22 heteroatoms. The Morgan fingerprint density at radius 1 is 0.933 bits per heavy atom. The van der Waals surface area contributed by atoms with Crippen LogP contribution in [-0.4, -0.2) is 94.6 Å². The molecule has 0 spiro atoms. The van der Waals surface area contributed by atoms with Crippen LogP contribution in [0.5, 0.6) is 5.75 Å². The number of esters is 4. The molecule has 1 aliphatic heterocycles. The molecular formula is C23H24Cl3N3O16. The van der Waals surface area contributed by atoms with E-state index in [1.54, 1.807) is 0 Å². The summed E-state index contributed by atoms with van der Waals surface area (Å²) in [6.07, 6.45) is -8.39. The highest BCUT2D eigenvalue weighted by atomic mass is 35.6. The molecular weight excluding hydrogens is 681 g/mol. The lowest BCUT2D eigenvalue weighted by atomic mass is 9.96. The molecule has 19 nitrogen and oxygen atoms in total. The number of nitro groups is 2. The number of benzene rings is 1. The van der Waals surface area contributed by atoms with Crippen molar-refractivity contribution in [3.8, 4) is 5.75 Å². The Bertz CT molecular complexity index is 1350. The number of carbonyl (C=O) groups is 5. The number of alkyl carbamates (subject to hydrolysis) is 1. The van der Waals surface area contributed by atoms with Gasteiger partial charge in [-0.2, -0.15) is 0 Å². The highest BCUT2D eigenvalue weighted by Crippen LogP contribution is 2.39. The van der Waals surface area contributed by atoms with Crippen LogP contribution in [0, 0.1) is 20.2 Å². The number of amides is 1. The van der Waals surface area contributed by atoms with E-state index in [0.29, 0.717) is 12.1 Å². The molecule has 1 fully saturated rings. The van der Waals surface area contributed by atoms with Gasteiger partial charge in [-0.3, -0.25) is 34.6 Å². The van der Waals surface area contributed by atoms with E-state index in [-0.39, 0.29) is 0 Å². The Labute approximate surface area is 267 Å². The van der Waals surface area contributed by atoms with Gasteiger partial charge in [0.05, 0.1) is 23.0 Å². The Balaban J connectivity index is 2.78. The largest absolute Gasteiger partial charge is 0.465 e. The molecule has 0 bridgehead atoms. The van der Waals surface area contributed by atoms with Crippen LogP contribution < -0.4 is 10.1 Å². The summed E-state index contributed by atoms with van der Waals surface area (Å²) < 4.78 is 34.3. The molecule has 0 saturated carbocycles. The maximum absolute atomic E-state index is 12.7. The number of rotatable bonds is 11. The van der Waals surface area contributed by atoms with E-state index in [0.717, 1.165) is 27.9 Å². The van der Waals surface area contributed by atoms with E-state index < -0.39 is 110 Å². The van der Waals surface area contributed by atoms with Crippen molar-refractivity contribution in [3.05, 3.63) is 37.9 Å². The van der Waals surface area contributed by atoms with Crippen molar-refractivity contribution in [1.82, 2.24) is 5.32 Å². The van der Waals surface area contributed by atoms with Crippen molar-refractivity contribution < 1.29 is 67.0 Å². The zero-order valence-corrected chi connectivity index (χ0v) is 25.8. The summed E-state index contributed by atoms with van der Waals surface area (Å²) in [5.74, 6) is -5.09. The highest BCUT2D eigenvalue weighted by molar-refractivity contribution is 6.67. The fourth-order valence-electron chi connectivity index (χ4n) is 3.82. The molecule has 1 aliphatic rings. The number of hydrogen-bond acceptors (Lipinski definition) is 16. The minimum Gasteiger partial charge on any atom is -0.465 e. The Kier molecular flexibility index (Phi) is 12.9. The van der Waals surface area contributed by atoms with Gasteiger partial charge in [-0.25, -0.2) is 9.59 Å². The zero-order valence-electron chi connectivity index (χ0n) is 23.5. The number of hydrogen-bond donors (Lipinski definition) is 1. The van der Waals surface area contributed by atoms with Crippen molar-refractivity contribution in [3.63, 3.8) is 0 Å². The number of nitrogens with zero attached hydrogens (tertiary/aromatic N) is 2. The summed E-state index contributed by atoms with van der Waals surface area (Å²) in [4.78, 5) is 82.3. The predicted molar refractivity (Wildman–Crippen MR) is 147 cm³/mol. The van der Waals surface area contributed by atoms with Crippen LogP contribution in [0.1, 0.15) is 31.1 Å². The Hall–Kier alpha value is -4.20. The normalized spacial score (nSPS) is 21.0. The Morgan fingerprint density at radius 3 is 2.02 bits per heavy atom. The van der Waals surface area contributed by atoms with E-state index >= 15 is 0 Å². The molecule has 1 amide bonds. The molecule has 45 heavy (non-hydrogen) atoms. The third-order valence-electron chi connectivity index (χ3n) is 5.45.